The van der Waals surface area contributed by atoms with E-state index in [1.165, 1.54) is 11.8 Å². The van der Waals surface area contributed by atoms with E-state index in [1.54, 1.807) is 32.2 Å². The van der Waals surface area contributed by atoms with Crippen molar-refractivity contribution in [3.8, 4) is 17.3 Å². The monoisotopic (exact) mass is 337 g/mol. The van der Waals surface area contributed by atoms with Crippen LogP contribution in [-0.4, -0.2) is 25.2 Å². The maximum absolute atomic E-state index is 11.5. The zero-order valence-electron chi connectivity index (χ0n) is 13.2. The maximum Gasteiger partial charge on any atom is 0.319 e. The van der Waals surface area contributed by atoms with Gasteiger partial charge in [0.15, 0.2) is 0 Å². The van der Waals surface area contributed by atoms with Crippen LogP contribution in [0.2, 0.25) is 0 Å². The Balaban J connectivity index is 2.19. The fraction of sp³-hybridized carbons (Fsp3) is 0.167. The first-order chi connectivity index (χ1) is 11.4. The van der Waals surface area contributed by atoms with E-state index in [0.29, 0.717) is 5.56 Å². The van der Waals surface area contributed by atoms with Crippen LogP contribution in [0.15, 0.2) is 53.7 Å². The van der Waals surface area contributed by atoms with Gasteiger partial charge >= 0.3 is 5.97 Å². The van der Waals surface area contributed by atoms with Gasteiger partial charge in [-0.25, -0.2) is 4.98 Å². The molecule has 0 fully saturated rings. The number of nitriles is 1. The second-order valence-corrected chi connectivity index (χ2v) is 7.47. The SMILES string of the molecule is CC(C)(Sc1ccc2nccn2c1-c1ccc(C#N)cc1)C(=O)O. The smallest absolute Gasteiger partial charge is 0.319 e. The average molecular weight is 337 g/mol. The largest absolute Gasteiger partial charge is 0.480 e. The molecule has 1 N–H and O–H groups in total. The van der Waals surface area contributed by atoms with Gasteiger partial charge in [-0.05, 0) is 43.7 Å². The van der Waals surface area contributed by atoms with Gasteiger partial charge in [-0.15, -0.1) is 11.8 Å². The van der Waals surface area contributed by atoms with Gasteiger partial charge in [0.25, 0.3) is 0 Å². The Labute approximate surface area is 143 Å². The Bertz CT molecular complexity index is 953. The number of imidazole rings is 1. The lowest BCUT2D eigenvalue weighted by Gasteiger charge is -2.21. The molecule has 3 rings (SSSR count). The van der Waals surface area contributed by atoms with Crippen LogP contribution in [0.1, 0.15) is 19.4 Å². The number of benzene rings is 1. The lowest BCUT2D eigenvalue weighted by molar-refractivity contribution is -0.138. The van der Waals surface area contributed by atoms with E-state index >= 15 is 0 Å². The predicted octanol–water partition coefficient (Wildman–Crippen LogP) is 3.83. The molecule has 2 heterocycles. The lowest BCUT2D eigenvalue weighted by Crippen LogP contribution is -2.27. The standard InChI is InChI=1S/C18H15N3O2S/c1-18(2,17(22)23)24-14-7-8-15-20-9-10-21(15)16(14)13-5-3-12(11-19)4-6-13/h3-10H,1-2H3,(H,22,23). The van der Waals surface area contributed by atoms with Gasteiger partial charge in [-0.2, -0.15) is 5.26 Å². The molecule has 6 heteroatoms. The van der Waals surface area contributed by atoms with Gasteiger partial charge in [0.1, 0.15) is 10.4 Å². The van der Waals surface area contributed by atoms with Gasteiger partial charge in [0.2, 0.25) is 0 Å². The van der Waals surface area contributed by atoms with Crippen molar-refractivity contribution in [1.29, 1.82) is 5.26 Å². The van der Waals surface area contributed by atoms with Crippen molar-refractivity contribution in [2.24, 2.45) is 0 Å². The fourth-order valence-electron chi connectivity index (χ4n) is 2.36. The van der Waals surface area contributed by atoms with Crippen molar-refractivity contribution in [3.05, 3.63) is 54.4 Å². The summed E-state index contributed by atoms with van der Waals surface area (Å²) in [6.07, 6.45) is 3.56. The van der Waals surface area contributed by atoms with Gasteiger partial charge in [0, 0.05) is 17.3 Å². The molecule has 0 spiro atoms. The molecule has 5 nitrogen and oxygen atoms in total. The first kappa shape index (κ1) is 16.1. The molecule has 3 aromatic rings. The summed E-state index contributed by atoms with van der Waals surface area (Å²) in [6.45, 7) is 3.36. The normalized spacial score (nSPS) is 11.4. The molecule has 1 aromatic carbocycles. The van der Waals surface area contributed by atoms with Crippen LogP contribution in [0.5, 0.6) is 0 Å². The Kier molecular flexibility index (Phi) is 4.04. The minimum atomic E-state index is -0.963. The number of pyridine rings is 1. The Morgan fingerprint density at radius 2 is 1.96 bits per heavy atom. The van der Waals surface area contributed by atoms with Gasteiger partial charge < -0.3 is 5.11 Å². The summed E-state index contributed by atoms with van der Waals surface area (Å²) in [4.78, 5) is 16.6. The second kappa shape index (κ2) is 6.02. The summed E-state index contributed by atoms with van der Waals surface area (Å²) in [6, 6.07) is 13.1. The van der Waals surface area contributed by atoms with Gasteiger partial charge in [-0.1, -0.05) is 12.1 Å². The Hall–Kier alpha value is -2.78. The summed E-state index contributed by atoms with van der Waals surface area (Å²) in [5.74, 6) is -0.871. The molecule has 0 aliphatic heterocycles. The van der Waals surface area contributed by atoms with Crippen molar-refractivity contribution >= 4 is 23.4 Å². The molecule has 0 amide bonds. The average Bonchev–Trinajstić information content (AvgIpc) is 3.03. The molecule has 120 valence electrons. The summed E-state index contributed by atoms with van der Waals surface area (Å²) in [5.41, 5.74) is 3.14. The van der Waals surface area contributed by atoms with Crippen LogP contribution in [0.3, 0.4) is 0 Å². The fourth-order valence-corrected chi connectivity index (χ4v) is 3.45. The third kappa shape index (κ3) is 2.86. The highest BCUT2D eigenvalue weighted by molar-refractivity contribution is 8.01. The molecule has 24 heavy (non-hydrogen) atoms. The second-order valence-electron chi connectivity index (χ2n) is 5.81. The zero-order chi connectivity index (χ0) is 17.3. The summed E-state index contributed by atoms with van der Waals surface area (Å²) in [7, 11) is 0. The molecule has 0 bridgehead atoms. The van der Waals surface area contributed by atoms with E-state index in [1.807, 2.05) is 34.9 Å². The van der Waals surface area contributed by atoms with Crippen molar-refractivity contribution in [2.75, 3.05) is 0 Å². The molecular weight excluding hydrogens is 322 g/mol. The van der Waals surface area contributed by atoms with Crippen molar-refractivity contribution in [3.63, 3.8) is 0 Å². The van der Waals surface area contributed by atoms with Gasteiger partial charge in [-0.3, -0.25) is 9.20 Å². The van der Waals surface area contributed by atoms with E-state index in [0.717, 1.165) is 21.8 Å². The highest BCUT2D eigenvalue weighted by Crippen LogP contribution is 2.39. The van der Waals surface area contributed by atoms with Crippen molar-refractivity contribution in [2.45, 2.75) is 23.5 Å². The van der Waals surface area contributed by atoms with E-state index in [-0.39, 0.29) is 0 Å². The topological polar surface area (TPSA) is 78.4 Å². The zero-order valence-corrected chi connectivity index (χ0v) is 14.0. The third-order valence-corrected chi connectivity index (χ3v) is 4.93. The lowest BCUT2D eigenvalue weighted by atomic mass is 10.1. The number of hydrogen-bond donors (Lipinski definition) is 1. The number of thioether (sulfide) groups is 1. The summed E-state index contributed by atoms with van der Waals surface area (Å²) >= 11 is 1.29. The highest BCUT2D eigenvalue weighted by atomic mass is 32.2. The van der Waals surface area contributed by atoms with E-state index < -0.39 is 10.7 Å². The number of hydrogen-bond acceptors (Lipinski definition) is 4. The molecule has 0 radical (unpaired) electrons. The predicted molar refractivity (Wildman–Crippen MR) is 92.9 cm³/mol. The number of aliphatic carboxylic acids is 1. The number of nitrogens with zero attached hydrogens (tertiary/aromatic N) is 3. The van der Waals surface area contributed by atoms with Crippen LogP contribution < -0.4 is 0 Å². The number of rotatable bonds is 4. The maximum atomic E-state index is 11.5. The Morgan fingerprint density at radius 3 is 2.58 bits per heavy atom. The number of fused-ring (bicyclic) bond motifs is 1. The first-order valence-corrected chi connectivity index (χ1v) is 8.13. The summed E-state index contributed by atoms with van der Waals surface area (Å²) in [5, 5.41) is 18.4. The van der Waals surface area contributed by atoms with Crippen LogP contribution >= 0.6 is 11.8 Å². The minimum Gasteiger partial charge on any atom is -0.480 e. The third-order valence-electron chi connectivity index (χ3n) is 3.70. The molecular formula is C18H15N3O2S. The minimum absolute atomic E-state index is 0.580. The summed E-state index contributed by atoms with van der Waals surface area (Å²) < 4.78 is 0.969. The van der Waals surface area contributed by atoms with Crippen LogP contribution in [0.4, 0.5) is 0 Å². The van der Waals surface area contributed by atoms with Crippen LogP contribution in [0.25, 0.3) is 16.9 Å². The number of carboxylic acids is 1. The highest BCUT2D eigenvalue weighted by Gasteiger charge is 2.30. The van der Waals surface area contributed by atoms with Crippen LogP contribution in [-0.2, 0) is 4.79 Å². The molecule has 0 saturated heterocycles. The van der Waals surface area contributed by atoms with E-state index in [4.69, 9.17) is 5.26 Å². The van der Waals surface area contributed by atoms with E-state index in [2.05, 4.69) is 11.1 Å². The molecule has 0 atom stereocenters. The van der Waals surface area contributed by atoms with Crippen molar-refractivity contribution in [1.82, 2.24) is 9.38 Å². The quantitative estimate of drug-likeness (QED) is 0.732. The van der Waals surface area contributed by atoms with Crippen molar-refractivity contribution < 1.29 is 9.90 Å². The Morgan fingerprint density at radius 1 is 1.25 bits per heavy atom. The number of aromatic nitrogens is 2. The first-order valence-electron chi connectivity index (χ1n) is 7.31. The molecule has 2 aromatic heterocycles. The van der Waals surface area contributed by atoms with Gasteiger partial charge in [0.05, 0.1) is 17.3 Å². The molecule has 0 unspecified atom stereocenters. The molecule has 0 aliphatic rings. The molecule has 0 saturated carbocycles. The van der Waals surface area contributed by atoms with E-state index in [9.17, 15) is 9.90 Å². The number of carbonyl (C=O) groups is 1. The molecule has 0 aliphatic carbocycles. The number of carboxylic acid groups (broad SMARTS) is 1. The van der Waals surface area contributed by atoms with Crippen LogP contribution in [0, 0.1) is 11.3 Å².